The molecule has 2 nitrogen and oxygen atoms in total. The first-order valence-corrected chi connectivity index (χ1v) is 7.34. The van der Waals surface area contributed by atoms with Crippen molar-refractivity contribution in [2.45, 2.75) is 31.5 Å². The second kappa shape index (κ2) is 4.95. The molecule has 0 bridgehead atoms. The van der Waals surface area contributed by atoms with E-state index in [4.69, 9.17) is 9.47 Å². The quantitative estimate of drug-likeness (QED) is 0.774. The van der Waals surface area contributed by atoms with E-state index in [0.717, 1.165) is 17.4 Å². The lowest BCUT2D eigenvalue weighted by Crippen LogP contribution is -2.03. The molecule has 2 heteroatoms. The molecule has 1 saturated carbocycles. The van der Waals surface area contributed by atoms with Gasteiger partial charge in [0.15, 0.2) is 0 Å². The van der Waals surface area contributed by atoms with Crippen LogP contribution in [0.4, 0.5) is 0 Å². The molecular formula is C18H18O2. The smallest absolute Gasteiger partial charge is 0.127 e. The van der Waals surface area contributed by atoms with Gasteiger partial charge < -0.3 is 9.47 Å². The van der Waals surface area contributed by atoms with E-state index in [-0.39, 0.29) is 0 Å². The fourth-order valence-corrected chi connectivity index (χ4v) is 3.17. The summed E-state index contributed by atoms with van der Waals surface area (Å²) in [6, 6.07) is 18.4. The molecule has 1 saturated heterocycles. The largest absolute Gasteiger partial charge is 0.457 e. The molecule has 2 fully saturated rings. The third kappa shape index (κ3) is 2.56. The Morgan fingerprint density at radius 2 is 1.50 bits per heavy atom. The van der Waals surface area contributed by atoms with Crippen molar-refractivity contribution in [3.8, 4) is 11.5 Å². The maximum absolute atomic E-state index is 5.81. The van der Waals surface area contributed by atoms with Crippen LogP contribution in [0, 0.1) is 5.92 Å². The van der Waals surface area contributed by atoms with Crippen LogP contribution < -0.4 is 4.74 Å². The first-order chi connectivity index (χ1) is 9.87. The van der Waals surface area contributed by atoms with E-state index < -0.39 is 0 Å². The molecule has 1 aliphatic heterocycles. The van der Waals surface area contributed by atoms with Crippen LogP contribution in [-0.4, -0.2) is 12.2 Å². The van der Waals surface area contributed by atoms with Gasteiger partial charge in [-0.3, -0.25) is 0 Å². The van der Waals surface area contributed by atoms with E-state index >= 15 is 0 Å². The normalized spacial score (nSPS) is 27.1. The molecular weight excluding hydrogens is 248 g/mol. The Labute approximate surface area is 119 Å². The first-order valence-electron chi connectivity index (χ1n) is 7.34. The second-order valence-electron chi connectivity index (χ2n) is 5.81. The lowest BCUT2D eigenvalue weighted by atomic mass is 9.97. The van der Waals surface area contributed by atoms with E-state index in [9.17, 15) is 0 Å². The summed E-state index contributed by atoms with van der Waals surface area (Å²) in [5.74, 6) is 2.59. The molecule has 1 aliphatic carbocycles. The molecule has 0 spiro atoms. The molecule has 2 aromatic rings. The number of rotatable bonds is 4. The highest BCUT2D eigenvalue weighted by atomic mass is 16.6. The van der Waals surface area contributed by atoms with Crippen LogP contribution in [0.25, 0.3) is 0 Å². The topological polar surface area (TPSA) is 21.8 Å². The second-order valence-corrected chi connectivity index (χ2v) is 5.81. The molecule has 2 aromatic carbocycles. The number of hydrogen-bond acceptors (Lipinski definition) is 2. The van der Waals surface area contributed by atoms with Crippen molar-refractivity contribution >= 4 is 0 Å². The van der Waals surface area contributed by atoms with Gasteiger partial charge in [-0.15, -0.1) is 0 Å². The summed E-state index contributed by atoms with van der Waals surface area (Å²) in [7, 11) is 0. The van der Waals surface area contributed by atoms with Gasteiger partial charge in [0.1, 0.15) is 11.5 Å². The standard InChI is InChI=1S/C18H18O2/c1-2-4-15(5-3-1)19-16-8-6-13(7-9-16)10-14-11-17-18(12-14)20-17/h1-9,14,17-18H,10-12H2/t14-,17-,18+. The number of benzene rings is 2. The van der Waals surface area contributed by atoms with E-state index in [2.05, 4.69) is 24.3 Å². The van der Waals surface area contributed by atoms with Crippen LogP contribution in [0.3, 0.4) is 0 Å². The molecule has 0 N–H and O–H groups in total. The lowest BCUT2D eigenvalue weighted by molar-refractivity contribution is 0.272. The molecule has 102 valence electrons. The van der Waals surface area contributed by atoms with Gasteiger partial charge in [0, 0.05) is 0 Å². The van der Waals surface area contributed by atoms with Crippen LogP contribution in [0.5, 0.6) is 11.5 Å². The number of epoxide rings is 1. The number of para-hydroxylation sites is 1. The third-order valence-corrected chi connectivity index (χ3v) is 4.25. The van der Waals surface area contributed by atoms with Crippen LogP contribution in [0.2, 0.25) is 0 Å². The summed E-state index contributed by atoms with van der Waals surface area (Å²) in [6.45, 7) is 0. The molecule has 1 heterocycles. The van der Waals surface area contributed by atoms with Crippen molar-refractivity contribution in [3.63, 3.8) is 0 Å². The van der Waals surface area contributed by atoms with Gasteiger partial charge in [0.25, 0.3) is 0 Å². The van der Waals surface area contributed by atoms with Crippen molar-refractivity contribution < 1.29 is 9.47 Å². The van der Waals surface area contributed by atoms with Crippen molar-refractivity contribution in [1.29, 1.82) is 0 Å². The van der Waals surface area contributed by atoms with Gasteiger partial charge in [0.2, 0.25) is 0 Å². The molecule has 4 rings (SSSR count). The summed E-state index contributed by atoms with van der Waals surface area (Å²) in [4.78, 5) is 0. The summed E-state index contributed by atoms with van der Waals surface area (Å²) in [6.07, 6.45) is 4.82. The van der Waals surface area contributed by atoms with Crippen LogP contribution in [-0.2, 0) is 11.2 Å². The lowest BCUT2D eigenvalue weighted by Gasteiger charge is -2.12. The molecule has 3 atom stereocenters. The average molecular weight is 266 g/mol. The molecule has 2 aliphatic rings. The number of fused-ring (bicyclic) bond motifs is 1. The van der Waals surface area contributed by atoms with E-state index in [1.807, 2.05) is 30.3 Å². The zero-order valence-electron chi connectivity index (χ0n) is 11.4. The molecule has 0 unspecified atom stereocenters. The minimum absolute atomic E-state index is 0.584. The van der Waals surface area contributed by atoms with Crippen molar-refractivity contribution in [3.05, 3.63) is 60.2 Å². The Hall–Kier alpha value is -1.80. The monoisotopic (exact) mass is 266 g/mol. The Morgan fingerprint density at radius 3 is 2.20 bits per heavy atom. The van der Waals surface area contributed by atoms with Crippen LogP contribution in [0.15, 0.2) is 54.6 Å². The van der Waals surface area contributed by atoms with E-state index in [1.54, 1.807) is 0 Å². The fourth-order valence-electron chi connectivity index (χ4n) is 3.17. The van der Waals surface area contributed by atoms with E-state index in [0.29, 0.717) is 12.2 Å². The maximum atomic E-state index is 5.81. The molecule has 20 heavy (non-hydrogen) atoms. The highest BCUT2D eigenvalue weighted by Crippen LogP contribution is 2.43. The summed E-state index contributed by atoms with van der Waals surface area (Å²) in [5.41, 5.74) is 1.40. The Balaban J connectivity index is 1.38. The van der Waals surface area contributed by atoms with E-state index in [1.165, 1.54) is 24.8 Å². The van der Waals surface area contributed by atoms with Crippen LogP contribution >= 0.6 is 0 Å². The Kier molecular flexibility index (Phi) is 2.96. The van der Waals surface area contributed by atoms with Crippen molar-refractivity contribution in [2.24, 2.45) is 5.92 Å². The Bertz CT molecular complexity index is 566. The van der Waals surface area contributed by atoms with Crippen molar-refractivity contribution in [2.75, 3.05) is 0 Å². The predicted octanol–water partition coefficient (Wildman–Crippen LogP) is 4.20. The van der Waals surface area contributed by atoms with Crippen molar-refractivity contribution in [1.82, 2.24) is 0 Å². The highest BCUT2D eigenvalue weighted by molar-refractivity contribution is 5.33. The molecule has 0 aromatic heterocycles. The third-order valence-electron chi connectivity index (χ3n) is 4.25. The first kappa shape index (κ1) is 12.0. The molecule has 0 amide bonds. The van der Waals surface area contributed by atoms with Crippen LogP contribution in [0.1, 0.15) is 18.4 Å². The summed E-state index contributed by atoms with van der Waals surface area (Å²) >= 11 is 0. The fraction of sp³-hybridized carbons (Fsp3) is 0.333. The van der Waals surface area contributed by atoms with Gasteiger partial charge in [-0.2, -0.15) is 0 Å². The van der Waals surface area contributed by atoms with Gasteiger partial charge in [-0.05, 0) is 55.0 Å². The molecule has 0 radical (unpaired) electrons. The van der Waals surface area contributed by atoms with Gasteiger partial charge in [-0.25, -0.2) is 0 Å². The summed E-state index contributed by atoms with van der Waals surface area (Å²) in [5, 5.41) is 0. The average Bonchev–Trinajstić information content (AvgIpc) is 3.09. The predicted molar refractivity (Wildman–Crippen MR) is 78.0 cm³/mol. The minimum Gasteiger partial charge on any atom is -0.457 e. The Morgan fingerprint density at radius 1 is 0.850 bits per heavy atom. The summed E-state index contributed by atoms with van der Waals surface area (Å²) < 4.78 is 11.3. The SMILES string of the molecule is c1ccc(Oc2ccc(C[C@H]3C[C@@H]4O[C@@H]4C3)cc2)cc1. The number of ether oxygens (including phenoxy) is 2. The van der Waals surface area contributed by atoms with Gasteiger partial charge in [0.05, 0.1) is 12.2 Å². The maximum Gasteiger partial charge on any atom is 0.127 e. The zero-order valence-corrected chi connectivity index (χ0v) is 11.4. The van der Waals surface area contributed by atoms with Gasteiger partial charge >= 0.3 is 0 Å². The highest BCUT2D eigenvalue weighted by Gasteiger charge is 2.47. The van der Waals surface area contributed by atoms with Gasteiger partial charge in [-0.1, -0.05) is 30.3 Å². The zero-order chi connectivity index (χ0) is 13.4. The minimum atomic E-state index is 0.584. The number of hydrogen-bond donors (Lipinski definition) is 0.